The third-order valence-electron chi connectivity index (χ3n) is 12.1. The number of carboxylic acids is 1. The number of aliphatic carboxylic acids is 1. The number of fused-ring (bicyclic) bond motifs is 6. The van der Waals surface area contributed by atoms with Gasteiger partial charge in [-0.1, -0.05) is 54.6 Å². The number of piperidine rings is 1. The number of methoxy groups -OCH3 is 1. The summed E-state index contributed by atoms with van der Waals surface area (Å²) in [5.41, 5.74) is 5.23. The van der Waals surface area contributed by atoms with Crippen molar-refractivity contribution in [3.05, 3.63) is 118 Å². The number of pyridine rings is 1. The predicted octanol–water partition coefficient (Wildman–Crippen LogP) is 4.91. The van der Waals surface area contributed by atoms with Crippen LogP contribution in [0.3, 0.4) is 0 Å². The van der Waals surface area contributed by atoms with Gasteiger partial charge in [-0.2, -0.15) is 13.2 Å². The molecule has 8 rings (SSSR count). The smallest absolute Gasteiger partial charge is 0.430 e. The minimum atomic E-state index is -5.19. The first-order chi connectivity index (χ1) is 30.4. The summed E-state index contributed by atoms with van der Waals surface area (Å²) < 4.78 is 50.0. The van der Waals surface area contributed by atoms with E-state index in [2.05, 4.69) is 35.0 Å². The van der Waals surface area contributed by atoms with E-state index in [1.54, 1.807) is 18.2 Å². The average Bonchev–Trinajstić information content (AvgIpc) is 4.03. The Labute approximate surface area is 365 Å². The van der Waals surface area contributed by atoms with E-state index in [9.17, 15) is 37.8 Å². The van der Waals surface area contributed by atoms with E-state index in [-0.39, 0.29) is 54.0 Å². The van der Waals surface area contributed by atoms with Crippen molar-refractivity contribution in [2.24, 2.45) is 0 Å². The maximum atomic E-state index is 13.3. The predicted molar refractivity (Wildman–Crippen MR) is 227 cm³/mol. The van der Waals surface area contributed by atoms with Crippen LogP contribution in [0.1, 0.15) is 42.1 Å². The van der Waals surface area contributed by atoms with Crippen LogP contribution in [-0.2, 0) is 32.0 Å². The number of hydrogen-bond acceptors (Lipinski definition) is 11. The highest BCUT2D eigenvalue weighted by molar-refractivity contribution is 5.93. The topological polar surface area (TPSA) is 215 Å². The number of anilines is 2. The summed E-state index contributed by atoms with van der Waals surface area (Å²) in [7, 11) is 6.03. The highest BCUT2D eigenvalue weighted by atomic mass is 19.4. The van der Waals surface area contributed by atoms with Gasteiger partial charge in [0.25, 0.3) is 0 Å². The number of nitrogens with one attached hydrogen (secondary N) is 4. The van der Waals surface area contributed by atoms with Gasteiger partial charge in [-0.15, -0.1) is 0 Å². The Kier molecular flexibility index (Phi) is 13.3. The summed E-state index contributed by atoms with van der Waals surface area (Å²) in [6, 6.07) is 27.8. The molecule has 0 spiro atoms. The molecule has 18 heteroatoms. The zero-order valence-electron chi connectivity index (χ0n) is 35.1. The summed E-state index contributed by atoms with van der Waals surface area (Å²) >= 11 is 0. The van der Waals surface area contributed by atoms with E-state index >= 15 is 0 Å². The number of benzene rings is 4. The molecule has 338 valence electrons. The van der Waals surface area contributed by atoms with Crippen LogP contribution in [0.4, 0.5) is 29.3 Å². The molecule has 1 aromatic heterocycles. The van der Waals surface area contributed by atoms with Crippen LogP contribution in [0.2, 0.25) is 0 Å². The monoisotopic (exact) mass is 887 g/mol. The summed E-state index contributed by atoms with van der Waals surface area (Å²) in [5.74, 6) is -2.78. The SMILES string of the molecule is COc1cc(CNC[C@H](O)c2ccc(O)c3[nH]c(=O)ccc23)ccc1NC(=O)CCc1ccc(-c2ccccc2)c(NC(=O)OC2C[C@@H]3[C@H]4O[C@H]4[C@H](C2)[N+]3(C)C)c1.O=C([O-])C(F)(F)F. The van der Waals surface area contributed by atoms with Crippen molar-refractivity contribution < 1.29 is 61.6 Å². The van der Waals surface area contributed by atoms with E-state index in [0.29, 0.717) is 53.1 Å². The van der Waals surface area contributed by atoms with Crippen LogP contribution < -0.4 is 31.4 Å². The van der Waals surface area contributed by atoms with Gasteiger partial charge in [-0.3, -0.25) is 14.9 Å². The van der Waals surface area contributed by atoms with E-state index in [4.69, 9.17) is 24.1 Å². The number of aliphatic hydroxyl groups is 1. The molecule has 3 aliphatic rings. The number of carboxylic acid groups (broad SMARTS) is 1. The van der Waals surface area contributed by atoms with Crippen molar-refractivity contribution in [3.8, 4) is 22.6 Å². The number of carbonyl (C=O) groups excluding carboxylic acids is 3. The molecule has 3 fully saturated rings. The van der Waals surface area contributed by atoms with Crippen molar-refractivity contribution in [2.45, 2.75) is 74.9 Å². The van der Waals surface area contributed by atoms with Gasteiger partial charge in [0.2, 0.25) is 11.5 Å². The Morgan fingerprint density at radius 1 is 0.922 bits per heavy atom. The number of phenolic OH excluding ortho intramolecular Hbond substituents is 1. The molecule has 4 aromatic carbocycles. The number of phenols is 1. The number of likely N-dealkylation sites (N-methyl/N-ethyl adjacent to an activating group) is 1. The highest BCUT2D eigenvalue weighted by Gasteiger charge is 2.70. The Morgan fingerprint density at radius 2 is 1.61 bits per heavy atom. The van der Waals surface area contributed by atoms with E-state index in [0.717, 1.165) is 39.6 Å². The van der Waals surface area contributed by atoms with Gasteiger partial charge in [-0.25, -0.2) is 4.79 Å². The fraction of sp³-hybridized carbons (Fsp3) is 0.348. The Bertz CT molecular complexity index is 2570. The Morgan fingerprint density at radius 3 is 2.28 bits per heavy atom. The molecular weight excluding hydrogens is 840 g/mol. The molecule has 3 aliphatic heterocycles. The summed E-state index contributed by atoms with van der Waals surface area (Å²) in [5, 5.41) is 39.6. The number of morpholine rings is 1. The van der Waals surface area contributed by atoms with E-state index in [1.165, 1.54) is 19.2 Å². The molecule has 15 nitrogen and oxygen atoms in total. The number of alkyl halides is 3. The van der Waals surface area contributed by atoms with Crippen molar-refractivity contribution in [1.82, 2.24) is 10.3 Å². The largest absolute Gasteiger partial charge is 0.542 e. The molecule has 0 saturated carbocycles. The van der Waals surface area contributed by atoms with Gasteiger partial charge in [-0.05, 0) is 59.0 Å². The number of amides is 2. The van der Waals surface area contributed by atoms with Crippen LogP contribution in [0, 0.1) is 0 Å². The Balaban J connectivity index is 0.000000809. The minimum Gasteiger partial charge on any atom is -0.542 e. The number of quaternary nitrogens is 1. The lowest BCUT2D eigenvalue weighted by Gasteiger charge is -2.45. The van der Waals surface area contributed by atoms with Gasteiger partial charge < -0.3 is 54.4 Å². The first kappa shape index (κ1) is 45.6. The quantitative estimate of drug-likeness (QED) is 0.0691. The molecule has 6 N–H and O–H groups in total. The van der Waals surface area contributed by atoms with Crippen molar-refractivity contribution in [2.75, 3.05) is 38.4 Å². The van der Waals surface area contributed by atoms with Gasteiger partial charge in [0.1, 0.15) is 47.9 Å². The van der Waals surface area contributed by atoms with Crippen molar-refractivity contribution in [1.29, 1.82) is 0 Å². The standard InChI is InChI=1S/C44H47N5O8.C2HF3O2/c1-49(2)34-21-28(22-35(49)43-42(34)57-43)56-44(54)47-33-19-25(9-12-29(33)27-7-5-4-6-8-27)11-17-39(52)46-32-15-10-26(20-38(32)55-3)23-45-24-37(51)30-13-16-36(50)41-31(30)14-18-40(53)48-41;3-2(4,5)1(6)7/h4-10,12-16,18-20,28,34-35,37,42-43,45,51H,11,17,21-24H2,1-3H3,(H3-,46,47,48,50,52,53,54);(H,6,7)/t28?,34-,35+,37-,42-,43+;/m0./s1. The lowest BCUT2D eigenvalue weighted by atomic mass is 9.96. The van der Waals surface area contributed by atoms with Crippen LogP contribution in [0.15, 0.2) is 95.8 Å². The first-order valence-corrected chi connectivity index (χ1v) is 20.6. The number of nitrogens with zero attached hydrogens (tertiary/aromatic N) is 1. The third-order valence-corrected chi connectivity index (χ3v) is 12.1. The highest BCUT2D eigenvalue weighted by Crippen LogP contribution is 2.51. The summed E-state index contributed by atoms with van der Waals surface area (Å²) in [6.07, 6.45) is -4.03. The van der Waals surface area contributed by atoms with Gasteiger partial charge in [0, 0.05) is 49.4 Å². The van der Waals surface area contributed by atoms with Crippen LogP contribution >= 0.6 is 0 Å². The lowest BCUT2D eigenvalue weighted by Crippen LogP contribution is -2.60. The normalized spacial score (nSPS) is 20.8. The number of ether oxygens (including phenoxy) is 3. The van der Waals surface area contributed by atoms with Crippen LogP contribution in [0.5, 0.6) is 11.5 Å². The first-order valence-electron chi connectivity index (χ1n) is 20.6. The lowest BCUT2D eigenvalue weighted by molar-refractivity contribution is -0.938. The van der Waals surface area contributed by atoms with Crippen molar-refractivity contribution in [3.63, 3.8) is 0 Å². The molecule has 0 aliphatic carbocycles. The number of epoxide rings is 1. The maximum Gasteiger partial charge on any atom is 0.430 e. The number of aliphatic hydroxyl groups excluding tert-OH is 1. The number of carbonyl (C=O) groups is 3. The van der Waals surface area contributed by atoms with Gasteiger partial charge in [0.05, 0.1) is 44.2 Å². The molecule has 4 heterocycles. The fourth-order valence-electron chi connectivity index (χ4n) is 8.74. The molecule has 5 aromatic rings. The molecular formula is C46H48F3N5O10. The number of aromatic nitrogens is 1. The summed E-state index contributed by atoms with van der Waals surface area (Å²) in [6.45, 7) is 0.618. The molecule has 2 amide bonds. The number of rotatable bonds is 13. The molecule has 1 unspecified atom stereocenters. The summed E-state index contributed by atoms with van der Waals surface area (Å²) in [4.78, 5) is 49.7. The van der Waals surface area contributed by atoms with Crippen LogP contribution in [-0.4, -0.2) is 102 Å². The third kappa shape index (κ3) is 10.3. The number of aryl methyl sites for hydroxylation is 1. The van der Waals surface area contributed by atoms with Gasteiger partial charge >= 0.3 is 12.3 Å². The number of hydrogen-bond donors (Lipinski definition) is 6. The number of halogens is 3. The average molecular weight is 888 g/mol. The van der Waals surface area contributed by atoms with Crippen LogP contribution in [0.25, 0.3) is 22.0 Å². The Hall–Kier alpha value is -6.47. The minimum absolute atomic E-state index is 0.0683. The maximum absolute atomic E-state index is 13.3. The number of aromatic amines is 1. The second-order valence-electron chi connectivity index (χ2n) is 16.5. The molecule has 6 atom stereocenters. The zero-order valence-corrected chi connectivity index (χ0v) is 35.1. The van der Waals surface area contributed by atoms with E-state index in [1.807, 2.05) is 60.7 Å². The molecule has 0 radical (unpaired) electrons. The second kappa shape index (κ2) is 18.7. The fourth-order valence-corrected chi connectivity index (χ4v) is 8.74. The second-order valence-corrected chi connectivity index (χ2v) is 16.5. The van der Waals surface area contributed by atoms with Crippen molar-refractivity contribution >= 4 is 40.2 Å². The molecule has 3 saturated heterocycles. The van der Waals surface area contributed by atoms with E-state index < -0.39 is 24.3 Å². The molecule has 2 bridgehead atoms. The van der Waals surface area contributed by atoms with Gasteiger partial charge in [0.15, 0.2) is 0 Å². The number of H-pyrrole nitrogens is 1. The zero-order chi connectivity index (χ0) is 45.9. The number of aromatic hydroxyl groups is 1. The molecule has 64 heavy (non-hydrogen) atoms.